The molecule has 0 amide bonds. The molecule has 0 unspecified atom stereocenters. The van der Waals surface area contributed by atoms with E-state index in [2.05, 4.69) is 71.1 Å². The summed E-state index contributed by atoms with van der Waals surface area (Å²) in [5.74, 6) is 0. The van der Waals surface area contributed by atoms with Crippen LogP contribution in [0.4, 0.5) is 0 Å². The van der Waals surface area contributed by atoms with Crippen LogP contribution in [-0.4, -0.2) is 26.4 Å². The highest BCUT2D eigenvalue weighted by Crippen LogP contribution is 2.41. The average molecular weight is 370 g/mol. The Balaban J connectivity index is 1.93. The number of benzene rings is 1. The molecular formula is C22H35BO2Si. The number of hydrogen-bond acceptors (Lipinski definition) is 2. The maximum absolute atomic E-state index is 6.38. The average Bonchev–Trinajstić information content (AvgIpc) is 2.81. The molecule has 2 fully saturated rings. The molecule has 2 nitrogen and oxygen atoms in total. The molecule has 1 aromatic rings. The van der Waals surface area contributed by atoms with Crippen molar-refractivity contribution < 1.29 is 9.31 Å². The minimum absolute atomic E-state index is 0.125. The molecule has 0 spiro atoms. The van der Waals surface area contributed by atoms with Crippen molar-refractivity contribution in [3.8, 4) is 0 Å². The van der Waals surface area contributed by atoms with Crippen LogP contribution in [0.3, 0.4) is 0 Å². The van der Waals surface area contributed by atoms with E-state index >= 15 is 0 Å². The Morgan fingerprint density at radius 1 is 0.923 bits per heavy atom. The second-order valence-electron chi connectivity index (χ2n) is 9.52. The lowest BCUT2D eigenvalue weighted by Crippen LogP contribution is -2.46. The fourth-order valence-electron chi connectivity index (χ4n) is 4.37. The Labute approximate surface area is 161 Å². The Hall–Kier alpha value is -0.838. The Morgan fingerprint density at radius 2 is 1.46 bits per heavy atom. The minimum Gasteiger partial charge on any atom is -0.403 e. The zero-order chi connectivity index (χ0) is 19.0. The fourth-order valence-corrected chi connectivity index (χ4v) is 7.55. The van der Waals surface area contributed by atoms with E-state index in [1.807, 2.05) is 0 Å². The maximum atomic E-state index is 6.38. The predicted octanol–water partition coefficient (Wildman–Crippen LogP) is 5.49. The summed E-state index contributed by atoms with van der Waals surface area (Å²) in [7, 11) is -1.86. The number of hydrogen-bond donors (Lipinski definition) is 0. The normalized spacial score (nSPS) is 22.5. The van der Waals surface area contributed by atoms with Crippen LogP contribution in [0.1, 0.15) is 59.8 Å². The molecule has 0 atom stereocenters. The summed E-state index contributed by atoms with van der Waals surface area (Å²) in [5, 5.41) is 3.19. The van der Waals surface area contributed by atoms with E-state index in [4.69, 9.17) is 9.31 Å². The molecule has 142 valence electrons. The molecule has 4 heteroatoms. The standard InChI is InChI=1S/C22H35BO2Si/c1-21(2)22(3,4)25-23(24-21)17-20(18-13-9-7-10-14-18)26(5,6)19-15-11-8-12-16-19/h8,11-12,15-16H,7,9-10,13-14,17H2,1-6H3. The summed E-state index contributed by atoms with van der Waals surface area (Å²) in [6.07, 6.45) is 7.50. The molecule has 0 N–H and O–H groups in total. The van der Waals surface area contributed by atoms with E-state index in [-0.39, 0.29) is 18.3 Å². The van der Waals surface area contributed by atoms with Crippen LogP contribution >= 0.6 is 0 Å². The summed E-state index contributed by atoms with van der Waals surface area (Å²) in [5.41, 5.74) is 1.20. The summed E-state index contributed by atoms with van der Waals surface area (Å²) < 4.78 is 12.8. The van der Waals surface area contributed by atoms with Crippen LogP contribution in [-0.2, 0) is 9.31 Å². The van der Waals surface area contributed by atoms with E-state index < -0.39 is 8.07 Å². The van der Waals surface area contributed by atoms with Gasteiger partial charge in [0.25, 0.3) is 0 Å². The Bertz CT molecular complexity index is 640. The predicted molar refractivity (Wildman–Crippen MR) is 115 cm³/mol. The second kappa shape index (κ2) is 7.29. The summed E-state index contributed by atoms with van der Waals surface area (Å²) in [6.45, 7) is 13.6. The molecule has 0 radical (unpaired) electrons. The van der Waals surface area contributed by atoms with Gasteiger partial charge in [-0.25, -0.2) is 0 Å². The van der Waals surface area contributed by atoms with Gasteiger partial charge in [-0.3, -0.25) is 0 Å². The van der Waals surface area contributed by atoms with Gasteiger partial charge >= 0.3 is 7.12 Å². The van der Waals surface area contributed by atoms with Gasteiger partial charge in [-0.1, -0.05) is 65.8 Å². The van der Waals surface area contributed by atoms with Gasteiger partial charge < -0.3 is 9.31 Å². The minimum atomic E-state index is -1.74. The molecular weight excluding hydrogens is 335 g/mol. The first kappa shape index (κ1) is 19.9. The maximum Gasteiger partial charge on any atom is 0.461 e. The van der Waals surface area contributed by atoms with Crippen LogP contribution in [0.5, 0.6) is 0 Å². The van der Waals surface area contributed by atoms with Gasteiger partial charge in [0, 0.05) is 6.32 Å². The van der Waals surface area contributed by atoms with Crippen molar-refractivity contribution in [2.24, 2.45) is 0 Å². The lowest BCUT2D eigenvalue weighted by Gasteiger charge is -2.32. The van der Waals surface area contributed by atoms with Crippen LogP contribution in [0.25, 0.3) is 0 Å². The van der Waals surface area contributed by atoms with Crippen molar-refractivity contribution in [2.75, 3.05) is 0 Å². The molecule has 1 saturated carbocycles. The molecule has 1 aromatic carbocycles. The van der Waals surface area contributed by atoms with E-state index in [0.29, 0.717) is 0 Å². The van der Waals surface area contributed by atoms with Crippen molar-refractivity contribution in [1.29, 1.82) is 0 Å². The lowest BCUT2D eigenvalue weighted by atomic mass is 9.81. The van der Waals surface area contributed by atoms with E-state index in [1.165, 1.54) is 37.3 Å². The lowest BCUT2D eigenvalue weighted by molar-refractivity contribution is 0.00578. The number of rotatable bonds is 4. The molecule has 1 saturated heterocycles. The highest BCUT2D eigenvalue weighted by atomic mass is 28.3. The second-order valence-corrected chi connectivity index (χ2v) is 14.0. The van der Waals surface area contributed by atoms with E-state index in [0.717, 1.165) is 6.32 Å². The first-order chi connectivity index (χ1) is 12.1. The van der Waals surface area contributed by atoms with Gasteiger partial charge in [0.1, 0.15) is 8.07 Å². The topological polar surface area (TPSA) is 18.5 Å². The number of allylic oxidation sites excluding steroid dienone is 2. The molecule has 1 aliphatic heterocycles. The van der Waals surface area contributed by atoms with Crippen LogP contribution in [0, 0.1) is 0 Å². The third-order valence-electron chi connectivity index (χ3n) is 6.81. The summed E-state index contributed by atoms with van der Waals surface area (Å²) in [6, 6.07) is 11.1. The van der Waals surface area contributed by atoms with Gasteiger partial charge in [-0.05, 0) is 53.4 Å². The molecule has 3 rings (SSSR count). The van der Waals surface area contributed by atoms with Crippen molar-refractivity contribution in [3.05, 3.63) is 41.1 Å². The Kier molecular flexibility index (Phi) is 5.58. The van der Waals surface area contributed by atoms with Gasteiger partial charge in [0.05, 0.1) is 11.2 Å². The zero-order valence-electron chi connectivity index (χ0n) is 17.5. The molecule has 0 bridgehead atoms. The highest BCUT2D eigenvalue weighted by Gasteiger charge is 2.52. The zero-order valence-corrected chi connectivity index (χ0v) is 18.5. The smallest absolute Gasteiger partial charge is 0.403 e. The molecule has 1 aliphatic carbocycles. The summed E-state index contributed by atoms with van der Waals surface area (Å²) in [4.78, 5) is 0. The van der Waals surface area contributed by atoms with Crippen molar-refractivity contribution in [1.82, 2.24) is 0 Å². The van der Waals surface area contributed by atoms with Crippen molar-refractivity contribution >= 4 is 20.4 Å². The molecule has 2 aliphatic rings. The third kappa shape index (κ3) is 3.88. The van der Waals surface area contributed by atoms with Gasteiger partial charge in [0.2, 0.25) is 0 Å². The largest absolute Gasteiger partial charge is 0.461 e. The van der Waals surface area contributed by atoms with E-state index in [9.17, 15) is 0 Å². The van der Waals surface area contributed by atoms with Crippen molar-refractivity contribution in [2.45, 2.75) is 90.4 Å². The van der Waals surface area contributed by atoms with E-state index in [1.54, 1.807) is 10.8 Å². The molecule has 0 aromatic heterocycles. The quantitative estimate of drug-likeness (QED) is 0.652. The first-order valence-electron chi connectivity index (χ1n) is 10.3. The van der Waals surface area contributed by atoms with Gasteiger partial charge in [-0.15, -0.1) is 0 Å². The van der Waals surface area contributed by atoms with Gasteiger partial charge in [0.15, 0.2) is 0 Å². The van der Waals surface area contributed by atoms with Crippen LogP contribution in [0.2, 0.25) is 19.4 Å². The third-order valence-corrected chi connectivity index (χ3v) is 10.6. The van der Waals surface area contributed by atoms with Crippen molar-refractivity contribution in [3.63, 3.8) is 0 Å². The summed E-state index contributed by atoms with van der Waals surface area (Å²) >= 11 is 0. The van der Waals surface area contributed by atoms with Crippen LogP contribution < -0.4 is 5.19 Å². The fraction of sp³-hybridized carbons (Fsp3) is 0.636. The Morgan fingerprint density at radius 3 is 2.00 bits per heavy atom. The molecule has 26 heavy (non-hydrogen) atoms. The highest BCUT2D eigenvalue weighted by molar-refractivity contribution is 6.96. The van der Waals surface area contributed by atoms with Gasteiger partial charge in [-0.2, -0.15) is 0 Å². The first-order valence-corrected chi connectivity index (χ1v) is 13.3. The SMILES string of the molecule is CC1(C)OB(CC(=C2CCCCC2)[Si](C)(C)c2ccccc2)OC1(C)C. The monoisotopic (exact) mass is 370 g/mol. The van der Waals surface area contributed by atoms with Crippen LogP contribution in [0.15, 0.2) is 41.1 Å². The molecule has 1 heterocycles.